The molecular formula is C2H5N3. The molecule has 3 heteroatoms. The van der Waals surface area contributed by atoms with Crippen molar-refractivity contribution < 1.29 is 0 Å². The van der Waals surface area contributed by atoms with Crippen molar-refractivity contribution in [1.82, 2.24) is 5.43 Å². The summed E-state index contributed by atoms with van der Waals surface area (Å²) < 4.78 is 0. The van der Waals surface area contributed by atoms with Crippen LogP contribution in [0.25, 0.3) is 0 Å². The Bertz CT molecular complexity index is 51.9. The molecule has 0 aliphatic heterocycles. The van der Waals surface area contributed by atoms with E-state index in [1.165, 1.54) is 0 Å². The molecule has 3 nitrogen and oxygen atoms in total. The summed E-state index contributed by atoms with van der Waals surface area (Å²) in [7, 11) is 1.61. The van der Waals surface area contributed by atoms with Gasteiger partial charge in [-0.3, -0.25) is 0 Å². The van der Waals surface area contributed by atoms with E-state index in [4.69, 9.17) is 5.41 Å². The topological polar surface area (TPSA) is 48.2 Å². The predicted molar refractivity (Wildman–Crippen MR) is 19.2 cm³/mol. The van der Waals surface area contributed by atoms with Gasteiger partial charge < -0.3 is 5.43 Å². The molecule has 0 aliphatic carbocycles. The van der Waals surface area contributed by atoms with E-state index in [0.29, 0.717) is 0 Å². The van der Waals surface area contributed by atoms with Crippen LogP contribution in [0.2, 0.25) is 0 Å². The molecular weight excluding hydrogens is 66.0 g/mol. The highest BCUT2D eigenvalue weighted by atomic mass is 15.3. The smallest absolute Gasteiger partial charge is 0.111 e. The van der Waals surface area contributed by atoms with E-state index in [2.05, 4.69) is 10.5 Å². The first-order chi connectivity index (χ1) is 2.41. The average molecular weight is 71.1 g/mol. The maximum absolute atomic E-state index is 6.12. The van der Waals surface area contributed by atoms with Gasteiger partial charge in [0, 0.05) is 7.05 Å². The van der Waals surface area contributed by atoms with Gasteiger partial charge in [-0.05, 0) is 0 Å². The van der Waals surface area contributed by atoms with Crippen LogP contribution in [0.4, 0.5) is 0 Å². The molecule has 0 atom stereocenters. The van der Waals surface area contributed by atoms with E-state index >= 15 is 0 Å². The van der Waals surface area contributed by atoms with Crippen molar-refractivity contribution in [3.63, 3.8) is 0 Å². The Morgan fingerprint density at radius 1 is 2.00 bits per heavy atom. The third-order valence-corrected chi connectivity index (χ3v) is 0.168. The molecule has 28 valence electrons. The molecule has 0 saturated carbocycles. The molecule has 0 aromatic rings. The van der Waals surface area contributed by atoms with Gasteiger partial charge in [-0.1, -0.05) is 0 Å². The lowest BCUT2D eigenvalue weighted by Crippen LogP contribution is -1.89. The maximum atomic E-state index is 6.12. The number of hydrogen-bond acceptors (Lipinski definition) is 3. The summed E-state index contributed by atoms with van der Waals surface area (Å²) in [6.45, 7) is 0. The van der Waals surface area contributed by atoms with Gasteiger partial charge in [-0.15, -0.1) is 5.10 Å². The zero-order chi connectivity index (χ0) is 4.12. The van der Waals surface area contributed by atoms with Crippen molar-refractivity contribution in [2.24, 2.45) is 5.10 Å². The lowest BCUT2D eigenvalue weighted by atomic mass is 11.4. The summed E-state index contributed by atoms with van der Waals surface area (Å²) in [4.78, 5) is 0. The van der Waals surface area contributed by atoms with Crippen molar-refractivity contribution in [2.75, 3.05) is 7.05 Å². The van der Waals surface area contributed by atoms with Gasteiger partial charge in [0.1, 0.15) is 6.01 Å². The Hall–Kier alpha value is -0.820. The molecule has 0 aliphatic rings. The van der Waals surface area contributed by atoms with E-state index in [9.17, 15) is 0 Å². The Balaban J connectivity index is 2.93. The minimum absolute atomic E-state index is 1.61. The number of nitrogens with zero attached hydrogens (tertiary/aromatic N) is 1. The van der Waals surface area contributed by atoms with Gasteiger partial charge >= 0.3 is 0 Å². The molecule has 0 amide bonds. The molecule has 0 saturated heterocycles. The summed E-state index contributed by atoms with van der Waals surface area (Å²) in [5.41, 5.74) is 2.34. The van der Waals surface area contributed by atoms with E-state index in [-0.39, 0.29) is 0 Å². The second kappa shape index (κ2) is 3.18. The molecule has 0 aromatic heterocycles. The largest absolute Gasteiger partial charge is 0.304 e. The number of rotatable bonds is 1. The summed E-state index contributed by atoms with van der Waals surface area (Å²) in [5.74, 6) is 0. The van der Waals surface area contributed by atoms with Crippen molar-refractivity contribution in [2.45, 2.75) is 0 Å². The Morgan fingerprint density at radius 2 is 2.60 bits per heavy atom. The first-order valence-electron chi connectivity index (χ1n) is 1.20. The highest BCUT2D eigenvalue weighted by Gasteiger charge is 1.41. The van der Waals surface area contributed by atoms with Crippen LogP contribution in [-0.4, -0.2) is 13.1 Å². The third kappa shape index (κ3) is 3.18. The summed E-state index contributed by atoms with van der Waals surface area (Å²) >= 11 is 0. The number of nitrogens with one attached hydrogen (secondary N) is 2. The van der Waals surface area contributed by atoms with Gasteiger partial charge in [-0.2, -0.15) is 0 Å². The van der Waals surface area contributed by atoms with Crippen LogP contribution in [-0.2, 0) is 0 Å². The van der Waals surface area contributed by atoms with E-state index in [1.54, 1.807) is 13.1 Å². The molecule has 0 rings (SSSR count). The van der Waals surface area contributed by atoms with Crippen LogP contribution < -0.4 is 5.43 Å². The molecule has 5 heavy (non-hydrogen) atoms. The van der Waals surface area contributed by atoms with Crippen LogP contribution in [0.5, 0.6) is 0 Å². The van der Waals surface area contributed by atoms with E-state index in [0.717, 1.165) is 0 Å². The molecule has 0 bridgehead atoms. The molecule has 0 aromatic carbocycles. The van der Waals surface area contributed by atoms with Gasteiger partial charge in [-0.25, -0.2) is 5.41 Å². The Kier molecular flexibility index (Phi) is 2.66. The average Bonchev–Trinajstić information content (AvgIpc) is 1.41. The molecule has 2 N–H and O–H groups in total. The molecule has 0 heterocycles. The lowest BCUT2D eigenvalue weighted by molar-refractivity contribution is 0.907. The van der Waals surface area contributed by atoms with Crippen molar-refractivity contribution in [3.05, 3.63) is 0 Å². The Labute approximate surface area is 30.2 Å². The zero-order valence-corrected chi connectivity index (χ0v) is 2.95. The molecule has 0 unspecified atom stereocenters. The van der Waals surface area contributed by atoms with E-state index in [1.807, 2.05) is 0 Å². The second-order valence-corrected chi connectivity index (χ2v) is 0.447. The standard InChI is InChI=1S/C2H5N3/c1-4-5-2-3/h3-4H,1H3. The molecule has 0 fully saturated rings. The van der Waals surface area contributed by atoms with Crippen molar-refractivity contribution in [1.29, 1.82) is 5.41 Å². The maximum Gasteiger partial charge on any atom is 0.111 e. The SMILES string of the molecule is CNN=C=N. The number of hydrazone groups is 1. The third-order valence-electron chi connectivity index (χ3n) is 0.168. The van der Waals surface area contributed by atoms with Crippen LogP contribution in [0.15, 0.2) is 5.10 Å². The molecule has 0 spiro atoms. The monoisotopic (exact) mass is 71.0 g/mol. The fraction of sp³-hybridized carbons (Fsp3) is 0.500. The van der Waals surface area contributed by atoms with E-state index < -0.39 is 0 Å². The van der Waals surface area contributed by atoms with Crippen molar-refractivity contribution in [3.8, 4) is 0 Å². The van der Waals surface area contributed by atoms with Crippen LogP contribution in [0.1, 0.15) is 0 Å². The van der Waals surface area contributed by atoms with Crippen LogP contribution in [0.3, 0.4) is 0 Å². The predicted octanol–water partition coefficient (Wildman–Crippen LogP) is -0.127. The molecule has 0 radical (unpaired) electrons. The minimum Gasteiger partial charge on any atom is -0.304 e. The zero-order valence-electron chi connectivity index (χ0n) is 2.95. The fourth-order valence-electron chi connectivity index (χ4n) is 0.0559. The Morgan fingerprint density at radius 3 is 2.60 bits per heavy atom. The van der Waals surface area contributed by atoms with Gasteiger partial charge in [0.2, 0.25) is 0 Å². The first kappa shape index (κ1) is 4.18. The number of hydrogen-bond donors (Lipinski definition) is 2. The normalized spacial score (nSPS) is 5.00. The van der Waals surface area contributed by atoms with Crippen LogP contribution >= 0.6 is 0 Å². The minimum atomic E-state index is 1.61. The van der Waals surface area contributed by atoms with Gasteiger partial charge in [0.15, 0.2) is 0 Å². The van der Waals surface area contributed by atoms with Crippen LogP contribution in [0, 0.1) is 5.41 Å². The fourth-order valence-corrected chi connectivity index (χ4v) is 0.0559. The van der Waals surface area contributed by atoms with Gasteiger partial charge in [0.05, 0.1) is 0 Å². The lowest BCUT2D eigenvalue weighted by Gasteiger charge is -1.69. The second-order valence-electron chi connectivity index (χ2n) is 0.447. The highest BCUT2D eigenvalue weighted by molar-refractivity contribution is 5.34. The van der Waals surface area contributed by atoms with Crippen molar-refractivity contribution >= 4 is 6.01 Å². The summed E-state index contributed by atoms with van der Waals surface area (Å²) in [6.07, 6.45) is 0. The first-order valence-corrected chi connectivity index (χ1v) is 1.20. The summed E-state index contributed by atoms with van der Waals surface area (Å²) in [5, 5.41) is 9.26. The quantitative estimate of drug-likeness (QED) is 0.328. The highest BCUT2D eigenvalue weighted by Crippen LogP contribution is 1.33. The summed E-state index contributed by atoms with van der Waals surface area (Å²) in [6, 6.07) is 1.78. The van der Waals surface area contributed by atoms with Gasteiger partial charge in [0.25, 0.3) is 0 Å².